The minimum Gasteiger partial charge on any atom is -0.494 e. The Bertz CT molecular complexity index is 1720. The van der Waals surface area contributed by atoms with Crippen LogP contribution in [0.2, 0.25) is 0 Å². The number of anilines is 3. The largest absolute Gasteiger partial charge is 0.494 e. The molecule has 1 amide bonds. The zero-order chi connectivity index (χ0) is 32.8. The van der Waals surface area contributed by atoms with E-state index in [-0.39, 0.29) is 24.3 Å². The summed E-state index contributed by atoms with van der Waals surface area (Å²) < 4.78 is 27.7. The van der Waals surface area contributed by atoms with E-state index in [9.17, 15) is 9.00 Å². The summed E-state index contributed by atoms with van der Waals surface area (Å²) in [7, 11) is 0.150. The van der Waals surface area contributed by atoms with Gasteiger partial charge in [0.05, 0.1) is 24.7 Å². The van der Waals surface area contributed by atoms with Crippen LogP contribution in [0.15, 0.2) is 72.0 Å². The lowest BCUT2D eigenvalue weighted by Gasteiger charge is -2.26. The molecule has 242 valence electrons. The van der Waals surface area contributed by atoms with Crippen molar-refractivity contribution in [2.45, 2.75) is 64.0 Å². The summed E-state index contributed by atoms with van der Waals surface area (Å²) in [5, 5.41) is 6.30. The van der Waals surface area contributed by atoms with E-state index < -0.39 is 11.0 Å². The summed E-state index contributed by atoms with van der Waals surface area (Å²) >= 11 is 0. The molecule has 1 aliphatic heterocycles. The average Bonchev–Trinajstić information content (AvgIpc) is 3.20. The van der Waals surface area contributed by atoms with Crippen molar-refractivity contribution >= 4 is 34.0 Å². The number of benzene rings is 2. The predicted molar refractivity (Wildman–Crippen MR) is 183 cm³/mol. The normalized spacial score (nSPS) is 16.9. The molecule has 0 saturated heterocycles. The number of nitrogens with one attached hydrogen (secondary N) is 2. The van der Waals surface area contributed by atoms with Crippen LogP contribution in [-0.4, -0.2) is 50.7 Å². The fraction of sp³-hybridized carbons (Fsp3) is 0.343. The van der Waals surface area contributed by atoms with Crippen LogP contribution in [0.5, 0.6) is 11.6 Å². The summed E-state index contributed by atoms with van der Waals surface area (Å²) in [6, 6.07) is 15.4. The van der Waals surface area contributed by atoms with Gasteiger partial charge in [0.15, 0.2) is 0 Å². The first-order chi connectivity index (χ1) is 22.2. The monoisotopic (exact) mass is 642 g/mol. The molecule has 4 aromatic rings. The molecular weight excluding hydrogens is 600 g/mol. The average molecular weight is 643 g/mol. The highest BCUT2D eigenvalue weighted by Gasteiger charge is 2.30. The number of aromatic nitrogens is 2. The Balaban J connectivity index is 1.55. The molecule has 3 heterocycles. The quantitative estimate of drug-likeness (QED) is 0.171. The molecule has 10 nitrogen and oxygen atoms in total. The third kappa shape index (κ3) is 7.16. The Morgan fingerprint density at radius 2 is 1.98 bits per heavy atom. The van der Waals surface area contributed by atoms with Gasteiger partial charge in [-0.15, -0.1) is 0 Å². The molecule has 0 saturated carbocycles. The van der Waals surface area contributed by atoms with E-state index >= 15 is 0 Å². The highest BCUT2D eigenvalue weighted by atomic mass is 32.2. The lowest BCUT2D eigenvalue weighted by molar-refractivity contribution is -0.116. The fourth-order valence-corrected chi connectivity index (χ4v) is 7.03. The van der Waals surface area contributed by atoms with Crippen LogP contribution in [0.25, 0.3) is 0 Å². The smallest absolute Gasteiger partial charge is 0.231 e. The zero-order valence-corrected chi connectivity index (χ0v) is 27.8. The molecule has 0 aliphatic carbocycles. The minimum atomic E-state index is -1.47. The fourth-order valence-electron chi connectivity index (χ4n) is 5.75. The van der Waals surface area contributed by atoms with Gasteiger partial charge < -0.3 is 25.8 Å². The summed E-state index contributed by atoms with van der Waals surface area (Å²) in [6.45, 7) is 9.67. The van der Waals surface area contributed by atoms with Gasteiger partial charge in [0, 0.05) is 44.4 Å². The molecule has 46 heavy (non-hydrogen) atoms. The van der Waals surface area contributed by atoms with Crippen molar-refractivity contribution in [3.63, 3.8) is 0 Å². The first kappa shape index (κ1) is 32.9. The van der Waals surface area contributed by atoms with Crippen LogP contribution >= 0.6 is 0 Å². The molecule has 0 spiro atoms. The molecule has 1 aliphatic rings. The van der Waals surface area contributed by atoms with Gasteiger partial charge in [-0.3, -0.25) is 9.78 Å². The summed E-state index contributed by atoms with van der Waals surface area (Å²) in [5.74, 6) is 0.522. The Kier molecular flexibility index (Phi) is 10.5. The van der Waals surface area contributed by atoms with Crippen LogP contribution < -0.4 is 25.8 Å². The van der Waals surface area contributed by atoms with Gasteiger partial charge in [0.25, 0.3) is 0 Å². The first-order valence-electron chi connectivity index (χ1n) is 15.5. The predicted octanol–water partition coefficient (Wildman–Crippen LogP) is 5.97. The number of carbonyl (C=O) groups is 1. The molecule has 2 unspecified atom stereocenters. The van der Waals surface area contributed by atoms with Crippen molar-refractivity contribution in [3.8, 4) is 11.6 Å². The van der Waals surface area contributed by atoms with Crippen molar-refractivity contribution in [2.75, 3.05) is 36.6 Å². The van der Waals surface area contributed by atoms with Gasteiger partial charge in [0.1, 0.15) is 33.4 Å². The first-order valence-corrected chi connectivity index (χ1v) is 16.6. The summed E-state index contributed by atoms with van der Waals surface area (Å²) in [5.41, 5.74) is 13.4. The lowest BCUT2D eigenvalue weighted by atomic mass is 9.83. The van der Waals surface area contributed by atoms with Crippen molar-refractivity contribution in [1.29, 1.82) is 0 Å². The van der Waals surface area contributed by atoms with Crippen LogP contribution in [0, 0.1) is 13.8 Å². The number of carbonyl (C=O) groups excluding carboxylic acids is 1. The number of ether oxygens (including phenoxy) is 2. The second-order valence-corrected chi connectivity index (χ2v) is 12.8. The number of aryl methyl sites for hydroxylation is 1. The Morgan fingerprint density at radius 3 is 2.70 bits per heavy atom. The van der Waals surface area contributed by atoms with E-state index in [2.05, 4.69) is 45.7 Å². The minimum absolute atomic E-state index is 0.152. The molecule has 2 aromatic heterocycles. The Labute approximate surface area is 273 Å². The topological polar surface area (TPSA) is 132 Å². The maximum atomic E-state index is 13.8. The van der Waals surface area contributed by atoms with Gasteiger partial charge in [-0.05, 0) is 85.3 Å². The Morgan fingerprint density at radius 1 is 1.17 bits per heavy atom. The molecule has 4 N–H and O–H groups in total. The van der Waals surface area contributed by atoms with E-state index in [4.69, 9.17) is 15.2 Å². The number of amides is 1. The van der Waals surface area contributed by atoms with Crippen LogP contribution in [0.3, 0.4) is 0 Å². The molecule has 0 radical (unpaired) electrons. The number of hydrogen-bond donors (Lipinski definition) is 3. The van der Waals surface area contributed by atoms with Crippen molar-refractivity contribution in [2.24, 2.45) is 0 Å². The SMILES string of the molecule is CCNc1c(OC)cc(C(CC(=O)Nc2cccnc2)c2ccc(C)c(CN3C[C@@H](CC)Oc4ncccc4S3=O)c2)c(C)c1N. The Hall–Kier alpha value is -4.48. The number of rotatable bonds is 11. The third-order valence-electron chi connectivity index (χ3n) is 8.35. The lowest BCUT2D eigenvalue weighted by Crippen LogP contribution is -2.33. The number of hydrogen-bond acceptors (Lipinski definition) is 8. The van der Waals surface area contributed by atoms with Crippen molar-refractivity contribution in [3.05, 3.63) is 94.9 Å². The van der Waals surface area contributed by atoms with E-state index in [1.54, 1.807) is 43.9 Å². The molecule has 0 fully saturated rings. The maximum Gasteiger partial charge on any atom is 0.231 e. The standard InChI is InChI=1S/C35H42N6O4S/c1-6-27-21-41(46(43)31-11-9-15-39-35(31)45-27)20-25-16-24(13-12-22(25)3)29(18-32(42)40-26-10-8-14-37-19-26)28-17-30(44-5)34(38-7-2)33(36)23(28)4/h8-17,19,27,29,38H,6-7,18,20-21,36H2,1-5H3,(H,40,42)/t27-,29?,46?/m1/s1. The van der Waals surface area contributed by atoms with Gasteiger partial charge in [0.2, 0.25) is 11.8 Å². The number of fused-ring (bicyclic) bond motifs is 1. The van der Waals surface area contributed by atoms with Crippen molar-refractivity contribution < 1.29 is 18.5 Å². The number of nitrogens with zero attached hydrogens (tertiary/aromatic N) is 3. The summed E-state index contributed by atoms with van der Waals surface area (Å²) in [6.07, 6.45) is 5.70. The third-order valence-corrected chi connectivity index (χ3v) is 9.78. The number of nitrogen functional groups attached to an aromatic ring is 1. The van der Waals surface area contributed by atoms with E-state index in [1.807, 2.05) is 37.2 Å². The van der Waals surface area contributed by atoms with Gasteiger partial charge >= 0.3 is 0 Å². The second-order valence-electron chi connectivity index (χ2n) is 11.4. The molecule has 2 aromatic carbocycles. The zero-order valence-electron chi connectivity index (χ0n) is 27.0. The highest BCUT2D eigenvalue weighted by molar-refractivity contribution is 7.82. The van der Waals surface area contributed by atoms with Crippen LogP contribution in [0.1, 0.15) is 60.4 Å². The maximum absolute atomic E-state index is 13.8. The van der Waals surface area contributed by atoms with Crippen LogP contribution in [0.4, 0.5) is 17.1 Å². The molecule has 5 rings (SSSR count). The second kappa shape index (κ2) is 14.7. The molecule has 0 bridgehead atoms. The van der Waals surface area contributed by atoms with E-state index in [0.29, 0.717) is 47.5 Å². The molecule has 11 heteroatoms. The van der Waals surface area contributed by atoms with Crippen molar-refractivity contribution in [1.82, 2.24) is 14.3 Å². The molecular formula is C35H42N6O4S. The van der Waals surface area contributed by atoms with E-state index in [1.165, 1.54) is 0 Å². The molecule has 3 atom stereocenters. The van der Waals surface area contributed by atoms with Gasteiger partial charge in [-0.1, -0.05) is 25.1 Å². The highest BCUT2D eigenvalue weighted by Crippen LogP contribution is 2.42. The number of pyridine rings is 2. The summed E-state index contributed by atoms with van der Waals surface area (Å²) in [4.78, 5) is 22.6. The van der Waals surface area contributed by atoms with Gasteiger partial charge in [-0.2, -0.15) is 0 Å². The number of nitrogens with two attached hydrogens (primary N) is 1. The number of methoxy groups -OCH3 is 1. The van der Waals surface area contributed by atoms with Crippen LogP contribution in [-0.2, 0) is 22.3 Å². The van der Waals surface area contributed by atoms with Gasteiger partial charge in [-0.25, -0.2) is 13.5 Å². The van der Waals surface area contributed by atoms with E-state index in [0.717, 1.165) is 39.9 Å².